The molecule has 2 aliphatic heterocycles. The standard InChI is InChI=1S/C21H27N5O3/c1-14-18(11-22-24(14)2)23-20(27)15-12-26(13-15)21(28)17-10-16(6-7-19(17)29-3)25-8-4-5-9-25/h6-7,10-11,15H,4-5,8-9,12-13H2,1-3H3,(H,23,27). The van der Waals surface area contributed by atoms with E-state index in [9.17, 15) is 9.59 Å². The lowest BCUT2D eigenvalue weighted by molar-refractivity contribution is -0.123. The van der Waals surface area contributed by atoms with Crippen molar-refractivity contribution in [3.63, 3.8) is 0 Å². The number of aryl methyl sites for hydroxylation is 1. The highest BCUT2D eigenvalue weighted by Crippen LogP contribution is 2.30. The first kappa shape index (κ1) is 19.3. The van der Waals surface area contributed by atoms with Crippen LogP contribution in [0.25, 0.3) is 0 Å². The van der Waals surface area contributed by atoms with Crippen molar-refractivity contribution in [3.05, 3.63) is 35.7 Å². The molecule has 2 saturated heterocycles. The van der Waals surface area contributed by atoms with Gasteiger partial charge < -0.3 is 19.9 Å². The molecule has 1 N–H and O–H groups in total. The average Bonchev–Trinajstić information content (AvgIpc) is 3.32. The van der Waals surface area contributed by atoms with Crippen LogP contribution in [0.4, 0.5) is 11.4 Å². The monoisotopic (exact) mass is 397 g/mol. The summed E-state index contributed by atoms with van der Waals surface area (Å²) >= 11 is 0. The molecule has 3 heterocycles. The number of likely N-dealkylation sites (tertiary alicyclic amines) is 1. The third kappa shape index (κ3) is 3.66. The van der Waals surface area contributed by atoms with E-state index in [0.29, 0.717) is 30.1 Å². The van der Waals surface area contributed by atoms with E-state index in [0.717, 1.165) is 24.5 Å². The van der Waals surface area contributed by atoms with Crippen molar-refractivity contribution in [2.24, 2.45) is 13.0 Å². The van der Waals surface area contributed by atoms with Crippen molar-refractivity contribution < 1.29 is 14.3 Å². The third-order valence-corrected chi connectivity index (χ3v) is 5.92. The lowest BCUT2D eigenvalue weighted by atomic mass is 9.97. The minimum absolute atomic E-state index is 0.0806. The Bertz CT molecular complexity index is 926. The quantitative estimate of drug-likeness (QED) is 0.835. The van der Waals surface area contributed by atoms with Gasteiger partial charge in [-0.05, 0) is 38.0 Å². The number of benzene rings is 1. The molecule has 8 nitrogen and oxygen atoms in total. The number of nitrogens with one attached hydrogen (secondary N) is 1. The van der Waals surface area contributed by atoms with E-state index in [4.69, 9.17) is 4.74 Å². The molecule has 2 aliphatic rings. The second-order valence-electron chi connectivity index (χ2n) is 7.74. The Labute approximate surface area is 170 Å². The van der Waals surface area contributed by atoms with Gasteiger partial charge in [0.15, 0.2) is 0 Å². The normalized spacial score (nSPS) is 16.7. The van der Waals surface area contributed by atoms with Crippen LogP contribution in [0.1, 0.15) is 28.9 Å². The van der Waals surface area contributed by atoms with Crippen molar-refractivity contribution in [2.45, 2.75) is 19.8 Å². The highest BCUT2D eigenvalue weighted by atomic mass is 16.5. The average molecular weight is 397 g/mol. The topological polar surface area (TPSA) is 79.7 Å². The molecule has 4 rings (SSSR count). The minimum Gasteiger partial charge on any atom is -0.496 e. The van der Waals surface area contributed by atoms with Gasteiger partial charge in [-0.15, -0.1) is 0 Å². The highest BCUT2D eigenvalue weighted by Gasteiger charge is 2.37. The predicted octanol–water partition coefficient (Wildman–Crippen LogP) is 2.05. The summed E-state index contributed by atoms with van der Waals surface area (Å²) in [6, 6.07) is 5.78. The molecule has 0 bridgehead atoms. The molecule has 2 aromatic rings. The summed E-state index contributed by atoms with van der Waals surface area (Å²) in [5, 5.41) is 7.04. The van der Waals surface area contributed by atoms with Crippen molar-refractivity contribution in [3.8, 4) is 5.75 Å². The summed E-state index contributed by atoms with van der Waals surface area (Å²) < 4.78 is 7.13. The van der Waals surface area contributed by atoms with E-state index < -0.39 is 0 Å². The number of hydrogen-bond acceptors (Lipinski definition) is 5. The first-order valence-corrected chi connectivity index (χ1v) is 9.99. The van der Waals surface area contributed by atoms with E-state index in [1.807, 2.05) is 32.2 Å². The number of nitrogens with zero attached hydrogens (tertiary/aromatic N) is 4. The van der Waals surface area contributed by atoms with Crippen LogP contribution in [0.2, 0.25) is 0 Å². The Morgan fingerprint density at radius 2 is 1.93 bits per heavy atom. The Morgan fingerprint density at radius 3 is 2.55 bits per heavy atom. The van der Waals surface area contributed by atoms with Gasteiger partial charge in [-0.25, -0.2) is 0 Å². The molecule has 0 unspecified atom stereocenters. The van der Waals surface area contributed by atoms with Gasteiger partial charge in [0.25, 0.3) is 5.91 Å². The highest BCUT2D eigenvalue weighted by molar-refractivity contribution is 6.01. The summed E-state index contributed by atoms with van der Waals surface area (Å²) in [5.74, 6) is 0.176. The van der Waals surface area contributed by atoms with Crippen LogP contribution in [-0.2, 0) is 11.8 Å². The summed E-state index contributed by atoms with van der Waals surface area (Å²) in [6.45, 7) is 4.74. The maximum atomic E-state index is 13.0. The molecule has 0 spiro atoms. The Hall–Kier alpha value is -3.03. The van der Waals surface area contributed by atoms with Gasteiger partial charge in [0.2, 0.25) is 5.91 Å². The van der Waals surface area contributed by atoms with E-state index >= 15 is 0 Å². The van der Waals surface area contributed by atoms with Crippen LogP contribution in [0.5, 0.6) is 5.75 Å². The maximum absolute atomic E-state index is 13.0. The number of methoxy groups -OCH3 is 1. The van der Waals surface area contributed by atoms with Crippen LogP contribution in [0.3, 0.4) is 0 Å². The van der Waals surface area contributed by atoms with E-state index in [1.165, 1.54) is 12.8 Å². The van der Waals surface area contributed by atoms with Gasteiger partial charge in [-0.2, -0.15) is 5.10 Å². The molecule has 29 heavy (non-hydrogen) atoms. The molecule has 0 radical (unpaired) electrons. The van der Waals surface area contributed by atoms with Crippen molar-refractivity contribution in [2.75, 3.05) is 43.5 Å². The predicted molar refractivity (Wildman–Crippen MR) is 110 cm³/mol. The maximum Gasteiger partial charge on any atom is 0.257 e. The molecule has 2 fully saturated rings. The molecule has 154 valence electrons. The van der Waals surface area contributed by atoms with Crippen LogP contribution < -0.4 is 15.0 Å². The summed E-state index contributed by atoms with van der Waals surface area (Å²) in [7, 11) is 3.41. The largest absolute Gasteiger partial charge is 0.496 e. The van der Waals surface area contributed by atoms with Gasteiger partial charge in [-0.1, -0.05) is 0 Å². The van der Waals surface area contributed by atoms with Crippen LogP contribution in [0.15, 0.2) is 24.4 Å². The molecule has 0 atom stereocenters. The Kier molecular flexibility index (Phi) is 5.17. The Morgan fingerprint density at radius 1 is 1.21 bits per heavy atom. The molecule has 0 aliphatic carbocycles. The number of ether oxygens (including phenoxy) is 1. The summed E-state index contributed by atoms with van der Waals surface area (Å²) in [5.41, 5.74) is 3.21. The van der Waals surface area contributed by atoms with Crippen molar-refractivity contribution in [1.29, 1.82) is 0 Å². The van der Waals surface area contributed by atoms with Gasteiger partial charge in [0.05, 0.1) is 36.2 Å². The first-order valence-electron chi connectivity index (χ1n) is 9.99. The van der Waals surface area contributed by atoms with E-state index in [-0.39, 0.29) is 17.7 Å². The van der Waals surface area contributed by atoms with Crippen LogP contribution >= 0.6 is 0 Å². The second-order valence-corrected chi connectivity index (χ2v) is 7.74. The molecular weight excluding hydrogens is 370 g/mol. The molecule has 1 aromatic carbocycles. The SMILES string of the molecule is COc1ccc(N2CCCC2)cc1C(=O)N1CC(C(=O)Nc2cnn(C)c2C)C1. The third-order valence-electron chi connectivity index (χ3n) is 5.92. The number of aromatic nitrogens is 2. The van der Waals surface area contributed by atoms with Gasteiger partial charge in [0.1, 0.15) is 5.75 Å². The van der Waals surface area contributed by atoms with E-state index in [2.05, 4.69) is 15.3 Å². The fourth-order valence-electron chi connectivity index (χ4n) is 3.87. The van der Waals surface area contributed by atoms with E-state index in [1.54, 1.807) is 22.9 Å². The Balaban J connectivity index is 1.41. The number of amides is 2. The lowest BCUT2D eigenvalue weighted by Gasteiger charge is -2.38. The first-order chi connectivity index (χ1) is 14.0. The van der Waals surface area contributed by atoms with Gasteiger partial charge in [-0.3, -0.25) is 14.3 Å². The summed E-state index contributed by atoms with van der Waals surface area (Å²) in [4.78, 5) is 29.5. The molecule has 1 aromatic heterocycles. The molecule has 2 amide bonds. The lowest BCUT2D eigenvalue weighted by Crippen LogP contribution is -2.54. The number of carbonyl (C=O) groups excluding carboxylic acids is 2. The number of rotatable bonds is 5. The molecule has 8 heteroatoms. The molecular formula is C21H27N5O3. The van der Waals surface area contributed by atoms with Crippen molar-refractivity contribution in [1.82, 2.24) is 14.7 Å². The van der Waals surface area contributed by atoms with Gasteiger partial charge >= 0.3 is 0 Å². The number of anilines is 2. The fourth-order valence-corrected chi connectivity index (χ4v) is 3.87. The zero-order valence-electron chi connectivity index (χ0n) is 17.1. The number of hydrogen-bond donors (Lipinski definition) is 1. The van der Waals surface area contributed by atoms with Crippen LogP contribution in [-0.4, -0.2) is 59.8 Å². The zero-order chi connectivity index (χ0) is 20.5. The minimum atomic E-state index is -0.216. The smallest absolute Gasteiger partial charge is 0.257 e. The number of carbonyl (C=O) groups is 2. The fraction of sp³-hybridized carbons (Fsp3) is 0.476. The van der Waals surface area contributed by atoms with Crippen LogP contribution in [0, 0.1) is 12.8 Å². The van der Waals surface area contributed by atoms with Gasteiger partial charge in [0, 0.05) is 38.9 Å². The molecule has 0 saturated carbocycles. The second kappa shape index (κ2) is 7.77. The van der Waals surface area contributed by atoms with Crippen molar-refractivity contribution >= 4 is 23.2 Å². The zero-order valence-corrected chi connectivity index (χ0v) is 17.1. The summed E-state index contributed by atoms with van der Waals surface area (Å²) in [6.07, 6.45) is 3.99.